The first kappa shape index (κ1) is 33.5. The summed E-state index contributed by atoms with van der Waals surface area (Å²) in [6.45, 7) is 9.49. The van der Waals surface area contributed by atoms with Gasteiger partial charge in [0.2, 0.25) is 0 Å². The van der Waals surface area contributed by atoms with Gasteiger partial charge in [-0.1, -0.05) is 35.5 Å². The van der Waals surface area contributed by atoms with Crippen molar-refractivity contribution in [2.75, 3.05) is 34.3 Å². The van der Waals surface area contributed by atoms with Crippen LogP contribution in [0.5, 0.6) is 5.75 Å². The number of methoxy groups -OCH3 is 1. The summed E-state index contributed by atoms with van der Waals surface area (Å²) in [5.74, 6) is 0.737. The molecule has 1 N–H and O–H groups in total. The Labute approximate surface area is 241 Å². The molecule has 1 amide bonds. The lowest BCUT2D eigenvalue weighted by Crippen LogP contribution is -2.48. The van der Waals surface area contributed by atoms with E-state index in [-0.39, 0.29) is 13.0 Å². The maximum Gasteiger partial charge on any atom is 0.408 e. The van der Waals surface area contributed by atoms with E-state index < -0.39 is 24.8 Å². The molecule has 0 spiro atoms. The number of alkyl carbamates (subject to hydrolysis) is 1. The average molecular weight is 602 g/mol. The Hall–Kier alpha value is -1.74. The van der Waals surface area contributed by atoms with E-state index in [0.29, 0.717) is 24.3 Å². The molecule has 0 unspecified atom stereocenters. The maximum absolute atomic E-state index is 12.7. The fourth-order valence-corrected chi connectivity index (χ4v) is 6.37. The number of amides is 1. The zero-order chi connectivity index (χ0) is 29.3. The molecule has 0 aliphatic rings. The number of benzene rings is 2. The molecule has 11 heteroatoms. The molecule has 0 aliphatic carbocycles. The van der Waals surface area contributed by atoms with E-state index >= 15 is 0 Å². The normalized spacial score (nSPS) is 13.6. The van der Waals surface area contributed by atoms with Gasteiger partial charge < -0.3 is 28.6 Å². The number of halogens is 1. The lowest BCUT2D eigenvalue weighted by atomic mass is 9.90. The first-order valence-corrected chi connectivity index (χ1v) is 15.5. The monoisotopic (exact) mass is 601 g/mol. The highest BCUT2D eigenvalue weighted by molar-refractivity contribution is 7.99. The van der Waals surface area contributed by atoms with Crippen molar-refractivity contribution in [3.8, 4) is 5.75 Å². The molecule has 0 aromatic heterocycles. The third-order valence-corrected chi connectivity index (χ3v) is 9.19. The second-order valence-corrected chi connectivity index (χ2v) is 14.4. The number of carbonyl (C=O) groups is 1. The molecule has 218 valence electrons. The summed E-state index contributed by atoms with van der Waals surface area (Å²) in [6.07, 6.45) is 1.05. The van der Waals surface area contributed by atoms with Gasteiger partial charge in [-0.05, 0) is 89.3 Å². The number of nitrogens with one attached hydrogen (secondary N) is 1. The molecule has 0 saturated carbocycles. The van der Waals surface area contributed by atoms with Crippen LogP contribution in [-0.2, 0) is 29.5 Å². The van der Waals surface area contributed by atoms with Gasteiger partial charge in [0.25, 0.3) is 0 Å². The summed E-state index contributed by atoms with van der Waals surface area (Å²) in [5.41, 5.74) is 0.649. The first-order chi connectivity index (χ1) is 18.2. The Morgan fingerprint density at radius 3 is 2.31 bits per heavy atom. The molecule has 2 aromatic rings. The Kier molecular flexibility index (Phi) is 12.7. The number of aryl methyl sites for hydroxylation is 2. The van der Waals surface area contributed by atoms with Crippen molar-refractivity contribution < 1.29 is 32.6 Å². The quantitative estimate of drug-likeness (QED) is 0.173. The second-order valence-electron chi connectivity index (χ2n) is 10.5. The number of rotatable bonds is 14. The molecule has 0 fully saturated rings. The minimum Gasteiger partial charge on any atom is -0.466 e. The van der Waals surface area contributed by atoms with E-state index in [9.17, 15) is 9.36 Å². The van der Waals surface area contributed by atoms with Crippen LogP contribution in [0.25, 0.3) is 0 Å². The van der Waals surface area contributed by atoms with Gasteiger partial charge in [0, 0.05) is 36.8 Å². The zero-order valence-electron chi connectivity index (χ0n) is 24.1. The van der Waals surface area contributed by atoms with Gasteiger partial charge in [-0.15, -0.1) is 0 Å². The second kappa shape index (κ2) is 14.8. The Balaban J connectivity index is 2.19. The molecule has 0 saturated heterocycles. The molecular formula is C28H41ClNO7PS. The van der Waals surface area contributed by atoms with Gasteiger partial charge in [0.05, 0.1) is 11.1 Å². The van der Waals surface area contributed by atoms with Crippen LogP contribution in [0, 0.1) is 6.92 Å². The highest BCUT2D eigenvalue weighted by atomic mass is 35.5. The molecule has 0 heterocycles. The van der Waals surface area contributed by atoms with Crippen LogP contribution in [-0.4, -0.2) is 51.5 Å². The largest absolute Gasteiger partial charge is 0.466 e. The van der Waals surface area contributed by atoms with Crippen LogP contribution in [0.1, 0.15) is 51.7 Å². The summed E-state index contributed by atoms with van der Waals surface area (Å²) >= 11 is 8.26. The Bertz CT molecular complexity index is 1150. The summed E-state index contributed by atoms with van der Waals surface area (Å²) < 4.78 is 39.1. The molecule has 0 aliphatic heterocycles. The molecule has 0 bridgehead atoms. The van der Waals surface area contributed by atoms with Crippen LogP contribution in [0.3, 0.4) is 0 Å². The number of carbonyl (C=O) groups excluding carboxylic acids is 1. The van der Waals surface area contributed by atoms with E-state index in [1.165, 1.54) is 14.2 Å². The third kappa shape index (κ3) is 11.3. The lowest BCUT2D eigenvalue weighted by molar-refractivity contribution is 0.0454. The van der Waals surface area contributed by atoms with Crippen molar-refractivity contribution in [3.05, 3.63) is 52.5 Å². The van der Waals surface area contributed by atoms with Gasteiger partial charge in [-0.2, -0.15) is 0 Å². The number of hydrogen-bond donors (Lipinski definition) is 1. The standard InChI is InChI=1S/C28H41ClNO7PS/c1-20-9-12-24(36-19-33-6)25(17-20)39-22-11-10-21(23(29)18-22)13-14-28(5,15-16-38(32,34-7)35-8)30-26(31)37-27(2,3)4/h9-12,17-18H,13-16,19H2,1-8H3,(H,30,31)/t28-/m0/s1. The van der Waals surface area contributed by atoms with Gasteiger partial charge in [-0.25, -0.2) is 4.79 Å². The predicted molar refractivity (Wildman–Crippen MR) is 156 cm³/mol. The van der Waals surface area contributed by atoms with E-state index in [2.05, 4.69) is 11.4 Å². The summed E-state index contributed by atoms with van der Waals surface area (Å²) in [7, 11) is 1.03. The van der Waals surface area contributed by atoms with Crippen molar-refractivity contribution in [3.63, 3.8) is 0 Å². The van der Waals surface area contributed by atoms with Gasteiger partial charge in [0.1, 0.15) is 11.4 Å². The van der Waals surface area contributed by atoms with Gasteiger partial charge in [0.15, 0.2) is 6.79 Å². The Morgan fingerprint density at radius 2 is 1.72 bits per heavy atom. The van der Waals surface area contributed by atoms with Crippen LogP contribution < -0.4 is 10.1 Å². The van der Waals surface area contributed by atoms with E-state index in [0.717, 1.165) is 26.7 Å². The van der Waals surface area contributed by atoms with Crippen molar-refractivity contribution >= 4 is 37.1 Å². The molecule has 8 nitrogen and oxygen atoms in total. The van der Waals surface area contributed by atoms with Crippen LogP contribution in [0.15, 0.2) is 46.2 Å². The summed E-state index contributed by atoms with van der Waals surface area (Å²) in [6, 6.07) is 11.9. The van der Waals surface area contributed by atoms with Crippen molar-refractivity contribution in [2.24, 2.45) is 0 Å². The topological polar surface area (TPSA) is 92.3 Å². The lowest BCUT2D eigenvalue weighted by Gasteiger charge is -2.33. The SMILES string of the molecule is COCOc1ccc(C)cc1Sc1ccc(CC[C@@](C)(CCP(=O)(OC)OC)NC(=O)OC(C)(C)C)c(Cl)c1. The van der Waals surface area contributed by atoms with Gasteiger partial charge >= 0.3 is 13.7 Å². The fourth-order valence-electron chi connectivity index (χ4n) is 3.71. The molecule has 0 radical (unpaired) electrons. The van der Waals surface area contributed by atoms with E-state index in [1.807, 2.05) is 44.2 Å². The zero-order valence-corrected chi connectivity index (χ0v) is 26.6. The highest BCUT2D eigenvalue weighted by Gasteiger charge is 2.33. The van der Waals surface area contributed by atoms with E-state index in [4.69, 9.17) is 34.9 Å². The van der Waals surface area contributed by atoms with Crippen LogP contribution >= 0.6 is 31.0 Å². The average Bonchev–Trinajstić information content (AvgIpc) is 2.85. The highest BCUT2D eigenvalue weighted by Crippen LogP contribution is 2.48. The smallest absolute Gasteiger partial charge is 0.408 e. The number of ether oxygens (including phenoxy) is 3. The van der Waals surface area contributed by atoms with Crippen LogP contribution in [0.2, 0.25) is 5.02 Å². The molecule has 1 atom stereocenters. The van der Waals surface area contributed by atoms with E-state index in [1.54, 1.807) is 39.6 Å². The minimum absolute atomic E-state index is 0.138. The molecule has 2 aromatic carbocycles. The van der Waals surface area contributed by atoms with Crippen molar-refractivity contribution in [1.82, 2.24) is 5.32 Å². The third-order valence-electron chi connectivity index (χ3n) is 5.93. The maximum atomic E-state index is 12.7. The summed E-state index contributed by atoms with van der Waals surface area (Å²) in [5, 5.41) is 3.58. The van der Waals surface area contributed by atoms with Crippen molar-refractivity contribution in [1.29, 1.82) is 0 Å². The van der Waals surface area contributed by atoms with Crippen LogP contribution in [0.4, 0.5) is 4.79 Å². The minimum atomic E-state index is -3.26. The molecule has 39 heavy (non-hydrogen) atoms. The fraction of sp³-hybridized carbons (Fsp3) is 0.536. The molecular weight excluding hydrogens is 561 g/mol. The van der Waals surface area contributed by atoms with Crippen molar-refractivity contribution in [2.45, 2.75) is 74.8 Å². The van der Waals surface area contributed by atoms with Gasteiger partial charge in [-0.3, -0.25) is 4.57 Å². The Morgan fingerprint density at radius 1 is 1.03 bits per heavy atom. The summed E-state index contributed by atoms with van der Waals surface area (Å²) in [4.78, 5) is 14.6. The number of hydrogen-bond acceptors (Lipinski definition) is 8. The first-order valence-electron chi connectivity index (χ1n) is 12.6. The molecule has 2 rings (SSSR count). The predicted octanol–water partition coefficient (Wildman–Crippen LogP) is 7.87.